The first kappa shape index (κ1) is 52.0. The molecule has 0 fully saturated rings. The first-order chi connectivity index (χ1) is 10.4. The average Bonchev–Trinajstić information content (AvgIpc) is 2.08. The van der Waals surface area contributed by atoms with Gasteiger partial charge in [0.25, 0.3) is 0 Å². The standard InChI is InChI=1S/Nd.18O.6V.Yb/q+3;;;;;;;;;;;;;6*-1;;;;;;;+3. The Hall–Kier alpha value is 3.74. The predicted molar refractivity (Wildman–Crippen MR) is 8.24 cm³/mol. The van der Waals surface area contributed by atoms with Crippen LogP contribution in [-0.4, -0.2) is 0 Å². The molecule has 0 aromatic carbocycles. The zero-order valence-electron chi connectivity index (χ0n) is 10.8. The van der Waals surface area contributed by atoms with Crippen LogP contribution in [0.4, 0.5) is 0 Å². The summed E-state index contributed by atoms with van der Waals surface area (Å²) in [6, 6.07) is 0. The van der Waals surface area contributed by atoms with E-state index in [2.05, 4.69) is 0 Å². The van der Waals surface area contributed by atoms with E-state index in [0.29, 0.717) is 0 Å². The Bertz CT molecular complexity index is 477. The molecule has 0 saturated heterocycles. The van der Waals surface area contributed by atoms with E-state index in [1.54, 1.807) is 0 Å². The van der Waals surface area contributed by atoms with Gasteiger partial charge in [-0.15, -0.1) is 0 Å². The van der Waals surface area contributed by atoms with Gasteiger partial charge in [-0.3, -0.25) is 0 Å². The zero-order valence-corrected chi connectivity index (χ0v) is 24.1. The maximum Gasteiger partial charge on any atom is 3.00 e. The summed E-state index contributed by atoms with van der Waals surface area (Å²) in [4.78, 5) is 0. The minimum absolute atomic E-state index is 0. The van der Waals surface area contributed by atoms with Gasteiger partial charge in [0.2, 0.25) is 0 Å². The van der Waals surface area contributed by atoms with Crippen LogP contribution in [0.2, 0.25) is 0 Å². The third-order valence-corrected chi connectivity index (χ3v) is 0. The Morgan fingerprint density at radius 1 is 0.308 bits per heavy atom. The summed E-state index contributed by atoms with van der Waals surface area (Å²) in [5.74, 6) is 0. The van der Waals surface area contributed by atoms with E-state index in [1.165, 1.54) is 0 Å². The molecule has 0 amide bonds. The third kappa shape index (κ3) is 1420. The second-order valence-corrected chi connectivity index (χ2v) is 5.53. The summed E-state index contributed by atoms with van der Waals surface area (Å²) in [6.45, 7) is 0. The molecule has 0 rings (SSSR count). The van der Waals surface area contributed by atoms with Gasteiger partial charge in [0.15, 0.2) is 0 Å². The molecule has 0 bridgehead atoms. The van der Waals surface area contributed by atoms with Crippen molar-refractivity contribution in [2.75, 3.05) is 0 Å². The van der Waals surface area contributed by atoms with Crippen molar-refractivity contribution < 1.29 is 248 Å². The third-order valence-electron chi connectivity index (χ3n) is 0. The summed E-state index contributed by atoms with van der Waals surface area (Å²) in [5, 5.41) is 0. The normalized spacial score (nSPS) is 5.77. The minimum Gasteiger partial charge on any atom is 3.00 e. The van der Waals surface area contributed by atoms with E-state index in [1.807, 2.05) is 0 Å². The molecule has 26 heavy (non-hydrogen) atoms. The van der Waals surface area contributed by atoms with E-state index in [4.69, 9.17) is 68.3 Å². The van der Waals surface area contributed by atoms with Crippen LogP contribution in [0.1, 0.15) is 0 Å². The Balaban J connectivity index is -0.0000000245. The van der Waals surface area contributed by atoms with E-state index in [-0.39, 0.29) is 87.8 Å². The monoisotopic (exact) mass is 909 g/mol. The molecule has 2 radical (unpaired) electrons. The van der Waals surface area contributed by atoms with Crippen molar-refractivity contribution in [1.82, 2.24) is 0 Å². The average molecular weight is 911 g/mol. The number of hydrogen-bond acceptors (Lipinski definition) is 18. The van der Waals surface area contributed by atoms with Crippen LogP contribution >= 0.6 is 0 Å². The van der Waals surface area contributed by atoms with Crippen molar-refractivity contribution in [3.05, 3.63) is 0 Å². The van der Waals surface area contributed by atoms with Gasteiger partial charge < -0.3 is 0 Å². The van der Waals surface area contributed by atoms with Crippen molar-refractivity contribution in [3.8, 4) is 0 Å². The van der Waals surface area contributed by atoms with Crippen LogP contribution < -0.4 is 24.2 Å². The first-order valence-electron chi connectivity index (χ1n) is 3.29. The summed E-state index contributed by atoms with van der Waals surface area (Å²) < 4.78 is 154. The molecule has 0 aliphatic heterocycles. The fourth-order valence-electron chi connectivity index (χ4n) is 0. The quantitative estimate of drug-likeness (QED) is 0.218. The molecule has 26 heteroatoms. The van der Waals surface area contributed by atoms with Gasteiger partial charge in [-0.25, -0.2) is 0 Å². The van der Waals surface area contributed by atoms with Crippen molar-refractivity contribution >= 4 is 0 Å². The van der Waals surface area contributed by atoms with E-state index in [9.17, 15) is 0 Å². The molecule has 0 aliphatic rings. The van der Waals surface area contributed by atoms with Crippen LogP contribution in [0.5, 0.6) is 0 Å². The fourth-order valence-corrected chi connectivity index (χ4v) is 0. The zero-order chi connectivity index (χ0) is 21.5. The van der Waals surface area contributed by atoms with Crippen molar-refractivity contribution in [2.24, 2.45) is 0 Å². The van der Waals surface area contributed by atoms with Gasteiger partial charge in [-0.1, -0.05) is 0 Å². The van der Waals surface area contributed by atoms with Crippen LogP contribution in [0, 0.1) is 87.8 Å². The van der Waals surface area contributed by atoms with Gasteiger partial charge >= 0.3 is 248 Å². The Labute approximate surface area is 243 Å². The van der Waals surface area contributed by atoms with E-state index in [0.717, 1.165) is 0 Å². The molecule has 0 aromatic heterocycles. The molecular formula is NdO18V6Yb. The van der Waals surface area contributed by atoms with Crippen molar-refractivity contribution in [3.63, 3.8) is 0 Å². The summed E-state index contributed by atoms with van der Waals surface area (Å²) in [7, 11) is 0. The molecular weight excluding hydrogens is 911 g/mol. The van der Waals surface area contributed by atoms with Crippen LogP contribution in [0.3, 0.4) is 0 Å². The molecule has 0 heterocycles. The topological polar surface area (TPSA) is 343 Å². The summed E-state index contributed by atoms with van der Waals surface area (Å²) in [6.07, 6.45) is 0. The second kappa shape index (κ2) is 46.8. The van der Waals surface area contributed by atoms with E-state index < -0.39 is 92.4 Å². The summed E-state index contributed by atoms with van der Waals surface area (Å²) in [5.41, 5.74) is 0. The van der Waals surface area contributed by atoms with Gasteiger partial charge in [-0.2, -0.15) is 0 Å². The Morgan fingerprint density at radius 3 is 0.308 bits per heavy atom. The Morgan fingerprint density at radius 2 is 0.308 bits per heavy atom. The van der Waals surface area contributed by atoms with Gasteiger partial charge in [0.1, 0.15) is 0 Å². The summed E-state index contributed by atoms with van der Waals surface area (Å²) >= 11 is -23.6. The van der Waals surface area contributed by atoms with Crippen molar-refractivity contribution in [1.29, 1.82) is 0 Å². The van der Waals surface area contributed by atoms with Crippen molar-refractivity contribution in [2.45, 2.75) is 0 Å². The minimum atomic E-state index is -3.94. The largest absolute Gasteiger partial charge is 3.00 e. The number of hydrogen-bond donors (Lipinski definition) is 0. The molecule has 0 aromatic rings. The molecule has 0 aliphatic carbocycles. The molecule has 0 atom stereocenters. The molecule has 156 valence electrons. The van der Waals surface area contributed by atoms with Crippen LogP contribution in [-0.2, 0) is 136 Å². The maximum atomic E-state index is 8.56. The Kier molecular flexibility index (Phi) is 93.5. The smallest absolute Gasteiger partial charge is 3.00 e. The second-order valence-electron chi connectivity index (χ2n) is 1.34. The van der Waals surface area contributed by atoms with Gasteiger partial charge in [0.05, 0.1) is 0 Å². The fraction of sp³-hybridized carbons (Fsp3) is 0. The molecule has 0 unspecified atom stereocenters. The first-order valence-corrected chi connectivity index (χ1v) is 13.5. The maximum absolute atomic E-state index is 8.56. The van der Waals surface area contributed by atoms with Crippen LogP contribution in [0.15, 0.2) is 0 Å². The number of rotatable bonds is 0. The SMILES string of the molecule is [Nd+3].[O]=[V](=[O])[O-].[O]=[V](=[O])[O-].[O]=[V](=[O])[O-].[O]=[V](=[O])[O-].[O]=[V](=[O])[O-].[O]=[V](=[O])[O-].[Yb+3]. The molecule has 0 spiro atoms. The van der Waals surface area contributed by atoms with Gasteiger partial charge in [0, 0.05) is 0 Å². The molecule has 0 saturated carbocycles. The van der Waals surface area contributed by atoms with Gasteiger partial charge in [-0.05, 0) is 0 Å². The molecule has 0 N–H and O–H groups in total. The molecule has 18 nitrogen and oxygen atoms in total. The van der Waals surface area contributed by atoms with E-state index >= 15 is 0 Å². The van der Waals surface area contributed by atoms with Crippen LogP contribution in [0.25, 0.3) is 0 Å². The predicted octanol–water partition coefficient (Wildman–Crippen LogP) is -8.57.